The molecule has 25 heavy (non-hydrogen) atoms. The number of piperidine rings is 1. The smallest absolute Gasteiger partial charge is 0.236 e. The third kappa shape index (κ3) is 4.53. The molecule has 1 aromatic carbocycles. The lowest BCUT2D eigenvalue weighted by Crippen LogP contribution is -2.56. The van der Waals surface area contributed by atoms with Gasteiger partial charge in [-0.2, -0.15) is 0 Å². The Bertz CT molecular complexity index is 585. The fourth-order valence-corrected chi connectivity index (χ4v) is 3.88. The second-order valence-electron chi connectivity index (χ2n) is 7.69. The van der Waals surface area contributed by atoms with Gasteiger partial charge in [0.15, 0.2) is 0 Å². The molecule has 1 atom stereocenters. The molecule has 3 fully saturated rings. The molecule has 1 N–H and O–H groups in total. The second kappa shape index (κ2) is 7.75. The summed E-state index contributed by atoms with van der Waals surface area (Å²) in [6.45, 7) is 6.21. The molecule has 0 bridgehead atoms. The molecule has 0 radical (unpaired) electrons. The molecule has 1 saturated carbocycles. The van der Waals surface area contributed by atoms with Gasteiger partial charge in [-0.15, -0.1) is 0 Å². The third-order valence-corrected chi connectivity index (χ3v) is 5.56. The first-order valence-electron chi connectivity index (χ1n) is 9.72. The SMILES string of the molecule is O=C1CNCCN1C1CCCN(Cc2ccc(OCC3CC3)cc2)C1. The van der Waals surface area contributed by atoms with Gasteiger partial charge in [0.2, 0.25) is 5.91 Å². The first kappa shape index (κ1) is 16.9. The summed E-state index contributed by atoms with van der Waals surface area (Å²) >= 11 is 0. The standard InChI is InChI=1S/C20H29N3O2/c24-20-12-21-9-11-23(20)18-2-1-10-22(14-18)13-16-5-7-19(8-6-16)25-15-17-3-4-17/h5-8,17-18,21H,1-4,9-15H2. The summed E-state index contributed by atoms with van der Waals surface area (Å²) in [6, 6.07) is 8.94. The molecule has 1 amide bonds. The fraction of sp³-hybridized carbons (Fsp3) is 0.650. The summed E-state index contributed by atoms with van der Waals surface area (Å²) in [4.78, 5) is 16.7. The van der Waals surface area contributed by atoms with E-state index in [2.05, 4.69) is 39.4 Å². The molecule has 1 aromatic rings. The summed E-state index contributed by atoms with van der Waals surface area (Å²) in [5.41, 5.74) is 1.33. The number of carbonyl (C=O) groups excluding carboxylic acids is 1. The average molecular weight is 343 g/mol. The Kier molecular flexibility index (Phi) is 5.22. The molecule has 5 heteroatoms. The maximum Gasteiger partial charge on any atom is 0.236 e. The normalized spacial score (nSPS) is 25.2. The van der Waals surface area contributed by atoms with E-state index < -0.39 is 0 Å². The van der Waals surface area contributed by atoms with E-state index in [1.165, 1.54) is 24.8 Å². The summed E-state index contributed by atoms with van der Waals surface area (Å²) in [6.07, 6.45) is 4.95. The number of hydrogen-bond donors (Lipinski definition) is 1. The van der Waals surface area contributed by atoms with Crippen molar-refractivity contribution in [3.05, 3.63) is 29.8 Å². The van der Waals surface area contributed by atoms with Gasteiger partial charge in [-0.1, -0.05) is 12.1 Å². The van der Waals surface area contributed by atoms with Gasteiger partial charge in [0.1, 0.15) is 5.75 Å². The number of ether oxygens (including phenoxy) is 1. The van der Waals surface area contributed by atoms with Gasteiger partial charge >= 0.3 is 0 Å². The maximum absolute atomic E-state index is 12.1. The van der Waals surface area contributed by atoms with Gasteiger partial charge in [-0.05, 0) is 55.8 Å². The van der Waals surface area contributed by atoms with E-state index in [-0.39, 0.29) is 5.91 Å². The molecule has 2 saturated heterocycles. The number of amides is 1. The number of likely N-dealkylation sites (tertiary alicyclic amines) is 1. The van der Waals surface area contributed by atoms with Crippen molar-refractivity contribution in [2.75, 3.05) is 39.3 Å². The minimum atomic E-state index is 0.260. The molecule has 1 aliphatic carbocycles. The highest BCUT2D eigenvalue weighted by molar-refractivity contribution is 5.79. The van der Waals surface area contributed by atoms with Crippen LogP contribution in [0.4, 0.5) is 0 Å². The molecule has 2 aliphatic heterocycles. The van der Waals surface area contributed by atoms with Crippen LogP contribution in [0.3, 0.4) is 0 Å². The van der Waals surface area contributed by atoms with E-state index in [9.17, 15) is 4.79 Å². The molecule has 0 aromatic heterocycles. The van der Waals surface area contributed by atoms with Gasteiger partial charge < -0.3 is 15.0 Å². The molecule has 1 unspecified atom stereocenters. The lowest BCUT2D eigenvalue weighted by Gasteiger charge is -2.41. The Morgan fingerprint density at radius 1 is 1.12 bits per heavy atom. The minimum absolute atomic E-state index is 0.260. The van der Waals surface area contributed by atoms with Crippen molar-refractivity contribution in [1.82, 2.24) is 15.1 Å². The molecule has 2 heterocycles. The first-order chi connectivity index (χ1) is 12.3. The predicted molar refractivity (Wildman–Crippen MR) is 97.5 cm³/mol. The first-order valence-corrected chi connectivity index (χ1v) is 9.72. The van der Waals surface area contributed by atoms with E-state index in [0.29, 0.717) is 12.6 Å². The van der Waals surface area contributed by atoms with Crippen LogP contribution in [0.1, 0.15) is 31.2 Å². The number of rotatable bonds is 6. The quantitative estimate of drug-likeness (QED) is 0.856. The molecule has 136 valence electrons. The largest absolute Gasteiger partial charge is 0.493 e. The number of benzene rings is 1. The van der Waals surface area contributed by atoms with Crippen LogP contribution in [0.15, 0.2) is 24.3 Å². The van der Waals surface area contributed by atoms with Crippen molar-refractivity contribution in [3.8, 4) is 5.75 Å². The van der Waals surface area contributed by atoms with Crippen molar-refractivity contribution < 1.29 is 9.53 Å². The minimum Gasteiger partial charge on any atom is -0.493 e. The second-order valence-corrected chi connectivity index (χ2v) is 7.69. The van der Waals surface area contributed by atoms with Crippen LogP contribution in [0, 0.1) is 5.92 Å². The zero-order chi connectivity index (χ0) is 17.1. The van der Waals surface area contributed by atoms with Gasteiger partial charge in [-0.3, -0.25) is 9.69 Å². The third-order valence-electron chi connectivity index (χ3n) is 5.56. The van der Waals surface area contributed by atoms with Gasteiger partial charge in [-0.25, -0.2) is 0 Å². The average Bonchev–Trinajstić information content (AvgIpc) is 3.46. The summed E-state index contributed by atoms with van der Waals surface area (Å²) < 4.78 is 5.82. The summed E-state index contributed by atoms with van der Waals surface area (Å²) in [7, 11) is 0. The van der Waals surface area contributed by atoms with Crippen LogP contribution in [0.5, 0.6) is 5.75 Å². The molecule has 4 rings (SSSR count). The van der Waals surface area contributed by atoms with E-state index in [4.69, 9.17) is 4.74 Å². The zero-order valence-electron chi connectivity index (χ0n) is 15.0. The molecular formula is C20H29N3O2. The van der Waals surface area contributed by atoms with Crippen LogP contribution >= 0.6 is 0 Å². The number of piperazine rings is 1. The van der Waals surface area contributed by atoms with E-state index in [1.54, 1.807) is 0 Å². The highest BCUT2D eigenvalue weighted by Crippen LogP contribution is 2.29. The molecule has 0 spiro atoms. The van der Waals surface area contributed by atoms with Crippen LogP contribution in [0.25, 0.3) is 0 Å². The van der Waals surface area contributed by atoms with Crippen LogP contribution in [0.2, 0.25) is 0 Å². The maximum atomic E-state index is 12.1. The van der Waals surface area contributed by atoms with Crippen molar-refractivity contribution in [2.24, 2.45) is 5.92 Å². The van der Waals surface area contributed by atoms with E-state index in [0.717, 1.165) is 57.4 Å². The Labute approximate surface area is 150 Å². The molecule has 3 aliphatic rings. The Morgan fingerprint density at radius 3 is 2.72 bits per heavy atom. The van der Waals surface area contributed by atoms with Crippen molar-refractivity contribution in [3.63, 3.8) is 0 Å². The number of carbonyl (C=O) groups is 1. The predicted octanol–water partition coefficient (Wildman–Crippen LogP) is 1.87. The van der Waals surface area contributed by atoms with Gasteiger partial charge in [0, 0.05) is 32.2 Å². The van der Waals surface area contributed by atoms with Crippen molar-refractivity contribution in [1.29, 1.82) is 0 Å². The summed E-state index contributed by atoms with van der Waals surface area (Å²) in [5, 5.41) is 3.16. The molecular weight excluding hydrogens is 314 g/mol. The Morgan fingerprint density at radius 2 is 1.96 bits per heavy atom. The zero-order valence-corrected chi connectivity index (χ0v) is 15.0. The van der Waals surface area contributed by atoms with E-state index >= 15 is 0 Å². The van der Waals surface area contributed by atoms with Crippen LogP contribution in [-0.4, -0.2) is 61.1 Å². The number of hydrogen-bond acceptors (Lipinski definition) is 4. The highest BCUT2D eigenvalue weighted by Gasteiger charge is 2.29. The lowest BCUT2D eigenvalue weighted by atomic mass is 10.0. The van der Waals surface area contributed by atoms with Crippen molar-refractivity contribution >= 4 is 5.91 Å². The van der Waals surface area contributed by atoms with Gasteiger partial charge in [0.25, 0.3) is 0 Å². The highest BCUT2D eigenvalue weighted by atomic mass is 16.5. The summed E-state index contributed by atoms with van der Waals surface area (Å²) in [5.74, 6) is 2.03. The van der Waals surface area contributed by atoms with Crippen LogP contribution < -0.4 is 10.1 Å². The Balaban J connectivity index is 1.29. The monoisotopic (exact) mass is 343 g/mol. The lowest BCUT2D eigenvalue weighted by molar-refractivity contribution is -0.135. The number of nitrogens with one attached hydrogen (secondary N) is 1. The topological polar surface area (TPSA) is 44.8 Å². The molecule has 5 nitrogen and oxygen atoms in total. The van der Waals surface area contributed by atoms with Crippen molar-refractivity contribution in [2.45, 2.75) is 38.3 Å². The Hall–Kier alpha value is -1.59. The van der Waals surface area contributed by atoms with Crippen LogP contribution in [-0.2, 0) is 11.3 Å². The van der Waals surface area contributed by atoms with E-state index in [1.807, 2.05) is 0 Å². The fourth-order valence-electron chi connectivity index (χ4n) is 3.88. The number of nitrogens with zero attached hydrogens (tertiary/aromatic N) is 2. The van der Waals surface area contributed by atoms with Gasteiger partial charge in [0.05, 0.1) is 13.2 Å².